The highest BCUT2D eigenvalue weighted by molar-refractivity contribution is 8.13. The molecule has 28 heavy (non-hydrogen) atoms. The normalized spacial score (nSPS) is 12.3. The predicted octanol–water partition coefficient (Wildman–Crippen LogP) is 7.94. The van der Waals surface area contributed by atoms with E-state index in [1.807, 2.05) is 25.3 Å². The Morgan fingerprint density at radius 2 is 1.96 bits per heavy atom. The third-order valence-corrected chi connectivity index (χ3v) is 6.50. The van der Waals surface area contributed by atoms with Gasteiger partial charge in [-0.3, -0.25) is 4.99 Å². The standard InChI is InChI=1S/C23H29FN2S2/c1-6-10-18(11-7-2)23-26-21(19-12-8-9-13-20(19)24)22(28-23)16(3)14-15-25-17(4)27-5/h8-9,12-15,18H,3,6-7,10-11H2,1-2,4-5H3/b15-14-,25-17?. The number of aromatic nitrogens is 1. The SMILES string of the molecule is C=C(/C=C\N=C(C)SC)c1sc(C(CCC)CCC)nc1-c1ccccc1F. The van der Waals surface area contributed by atoms with Gasteiger partial charge in [-0.2, -0.15) is 0 Å². The van der Waals surface area contributed by atoms with Crippen molar-refractivity contribution in [3.8, 4) is 11.3 Å². The van der Waals surface area contributed by atoms with Gasteiger partial charge in [-0.05, 0) is 49.8 Å². The van der Waals surface area contributed by atoms with Crippen LogP contribution in [0.5, 0.6) is 0 Å². The van der Waals surface area contributed by atoms with E-state index in [2.05, 4.69) is 25.4 Å². The molecule has 1 aromatic heterocycles. The first kappa shape index (κ1) is 22.6. The highest BCUT2D eigenvalue weighted by Gasteiger charge is 2.21. The summed E-state index contributed by atoms with van der Waals surface area (Å²) in [7, 11) is 0. The maximum absolute atomic E-state index is 14.5. The lowest BCUT2D eigenvalue weighted by Gasteiger charge is -2.11. The molecule has 0 N–H and O–H groups in total. The number of nitrogens with zero attached hydrogens (tertiary/aromatic N) is 2. The van der Waals surface area contributed by atoms with Crippen molar-refractivity contribution < 1.29 is 4.39 Å². The van der Waals surface area contributed by atoms with Crippen molar-refractivity contribution >= 4 is 33.7 Å². The molecular weight excluding hydrogens is 387 g/mol. The maximum Gasteiger partial charge on any atom is 0.132 e. The maximum atomic E-state index is 14.5. The Hall–Kier alpha value is -1.72. The van der Waals surface area contributed by atoms with Crippen molar-refractivity contribution in [1.29, 1.82) is 0 Å². The van der Waals surface area contributed by atoms with Crippen LogP contribution in [0.4, 0.5) is 4.39 Å². The van der Waals surface area contributed by atoms with Gasteiger partial charge in [0.15, 0.2) is 0 Å². The highest BCUT2D eigenvalue weighted by atomic mass is 32.2. The van der Waals surface area contributed by atoms with Crippen LogP contribution in [-0.4, -0.2) is 16.3 Å². The number of rotatable bonds is 9. The van der Waals surface area contributed by atoms with E-state index in [1.165, 1.54) is 6.07 Å². The van der Waals surface area contributed by atoms with E-state index >= 15 is 0 Å². The van der Waals surface area contributed by atoms with Crippen LogP contribution in [0.1, 0.15) is 62.3 Å². The van der Waals surface area contributed by atoms with Crippen LogP contribution in [0.2, 0.25) is 0 Å². The van der Waals surface area contributed by atoms with E-state index in [0.29, 0.717) is 17.2 Å². The minimum atomic E-state index is -0.254. The molecule has 0 fully saturated rings. The van der Waals surface area contributed by atoms with Crippen LogP contribution in [-0.2, 0) is 0 Å². The van der Waals surface area contributed by atoms with Crippen molar-refractivity contribution in [2.24, 2.45) is 4.99 Å². The number of halogens is 1. The summed E-state index contributed by atoms with van der Waals surface area (Å²) in [6, 6.07) is 6.83. The number of thiazole rings is 1. The Balaban J connectivity index is 2.49. The molecule has 2 rings (SSSR count). The van der Waals surface area contributed by atoms with Crippen molar-refractivity contribution in [3.63, 3.8) is 0 Å². The zero-order valence-corrected chi connectivity index (χ0v) is 18.8. The quantitative estimate of drug-likeness (QED) is 0.235. The molecule has 0 atom stereocenters. The molecular formula is C23H29FN2S2. The summed E-state index contributed by atoms with van der Waals surface area (Å²) in [6.07, 6.45) is 10.0. The fraction of sp³-hybridized carbons (Fsp3) is 0.391. The number of allylic oxidation sites excluding steroid dienone is 2. The van der Waals surface area contributed by atoms with Gasteiger partial charge in [0.25, 0.3) is 0 Å². The van der Waals surface area contributed by atoms with Crippen molar-refractivity contribution in [2.45, 2.75) is 52.4 Å². The van der Waals surface area contributed by atoms with E-state index in [4.69, 9.17) is 4.98 Å². The van der Waals surface area contributed by atoms with E-state index in [9.17, 15) is 4.39 Å². The van der Waals surface area contributed by atoms with Gasteiger partial charge < -0.3 is 0 Å². The second-order valence-electron chi connectivity index (χ2n) is 6.68. The summed E-state index contributed by atoms with van der Waals surface area (Å²) >= 11 is 3.24. The smallest absolute Gasteiger partial charge is 0.132 e. The van der Waals surface area contributed by atoms with E-state index in [1.54, 1.807) is 41.4 Å². The predicted molar refractivity (Wildman–Crippen MR) is 125 cm³/mol. The van der Waals surface area contributed by atoms with Crippen molar-refractivity contribution in [3.05, 3.63) is 58.8 Å². The monoisotopic (exact) mass is 416 g/mol. The Labute approximate surface area is 176 Å². The molecule has 0 aliphatic carbocycles. The average Bonchev–Trinajstić information content (AvgIpc) is 3.13. The summed E-state index contributed by atoms with van der Waals surface area (Å²) in [5.41, 5.74) is 2.03. The van der Waals surface area contributed by atoms with Crippen LogP contribution in [0.25, 0.3) is 16.8 Å². The molecule has 0 saturated carbocycles. The van der Waals surface area contributed by atoms with Gasteiger partial charge in [0.1, 0.15) is 5.82 Å². The minimum absolute atomic E-state index is 0.254. The van der Waals surface area contributed by atoms with Crippen LogP contribution < -0.4 is 0 Å². The number of aliphatic imine (C=N–C) groups is 1. The Morgan fingerprint density at radius 1 is 1.29 bits per heavy atom. The van der Waals surface area contributed by atoms with Crippen LogP contribution in [0, 0.1) is 5.82 Å². The highest BCUT2D eigenvalue weighted by Crippen LogP contribution is 2.39. The molecule has 0 bridgehead atoms. The average molecular weight is 417 g/mol. The Morgan fingerprint density at radius 3 is 2.57 bits per heavy atom. The largest absolute Gasteiger partial charge is 0.255 e. The van der Waals surface area contributed by atoms with Crippen LogP contribution >= 0.6 is 23.1 Å². The lowest BCUT2D eigenvalue weighted by molar-refractivity contribution is 0.558. The summed E-state index contributed by atoms with van der Waals surface area (Å²) < 4.78 is 14.5. The van der Waals surface area contributed by atoms with Gasteiger partial charge in [0, 0.05) is 17.7 Å². The summed E-state index contributed by atoms with van der Waals surface area (Å²) in [5.74, 6) is 0.156. The van der Waals surface area contributed by atoms with Gasteiger partial charge in [-0.25, -0.2) is 9.37 Å². The molecule has 0 amide bonds. The molecule has 1 heterocycles. The number of thioether (sulfide) groups is 1. The first-order valence-corrected chi connectivity index (χ1v) is 11.8. The zero-order chi connectivity index (χ0) is 20.5. The lowest BCUT2D eigenvalue weighted by atomic mass is 9.99. The molecule has 0 aliphatic heterocycles. The van der Waals surface area contributed by atoms with Gasteiger partial charge in [0.05, 0.1) is 20.6 Å². The lowest BCUT2D eigenvalue weighted by Crippen LogP contribution is -1.98. The third-order valence-electron chi connectivity index (χ3n) is 4.52. The molecule has 0 saturated heterocycles. The molecule has 2 nitrogen and oxygen atoms in total. The molecule has 2 aromatic rings. The molecule has 1 aromatic carbocycles. The van der Waals surface area contributed by atoms with Crippen LogP contribution in [0.3, 0.4) is 0 Å². The van der Waals surface area contributed by atoms with Gasteiger partial charge in [-0.15, -0.1) is 23.1 Å². The van der Waals surface area contributed by atoms with Crippen molar-refractivity contribution in [1.82, 2.24) is 4.98 Å². The first-order valence-electron chi connectivity index (χ1n) is 9.71. The van der Waals surface area contributed by atoms with E-state index in [-0.39, 0.29) is 5.82 Å². The van der Waals surface area contributed by atoms with Crippen LogP contribution in [0.15, 0.2) is 48.1 Å². The molecule has 0 unspecified atom stereocenters. The third kappa shape index (κ3) is 5.89. The van der Waals surface area contributed by atoms with Crippen molar-refractivity contribution in [2.75, 3.05) is 6.26 Å². The Bertz CT molecular complexity index is 846. The van der Waals surface area contributed by atoms with E-state index in [0.717, 1.165) is 46.2 Å². The van der Waals surface area contributed by atoms with Gasteiger partial charge in [-0.1, -0.05) is 45.4 Å². The fourth-order valence-corrected chi connectivity index (χ4v) is 4.38. The molecule has 150 valence electrons. The number of hydrogen-bond donors (Lipinski definition) is 0. The van der Waals surface area contributed by atoms with E-state index < -0.39 is 0 Å². The molecule has 5 heteroatoms. The van der Waals surface area contributed by atoms with Gasteiger partial charge >= 0.3 is 0 Å². The molecule has 0 radical (unpaired) electrons. The fourth-order valence-electron chi connectivity index (χ4n) is 3.01. The first-order chi connectivity index (χ1) is 13.5. The zero-order valence-electron chi connectivity index (χ0n) is 17.2. The molecule has 0 spiro atoms. The summed E-state index contributed by atoms with van der Waals surface area (Å²) in [4.78, 5) is 10.2. The van der Waals surface area contributed by atoms with Gasteiger partial charge in [0.2, 0.25) is 0 Å². The number of benzene rings is 1. The topological polar surface area (TPSA) is 25.2 Å². The number of hydrogen-bond acceptors (Lipinski definition) is 4. The second-order valence-corrected chi connectivity index (χ2v) is 8.71. The summed E-state index contributed by atoms with van der Waals surface area (Å²) in [5, 5.41) is 2.06. The minimum Gasteiger partial charge on any atom is -0.255 e. The summed E-state index contributed by atoms with van der Waals surface area (Å²) in [6.45, 7) is 10.6. The molecule has 0 aliphatic rings. The second kappa shape index (κ2) is 11.3. The Kier molecular flexibility index (Phi) is 9.13.